The summed E-state index contributed by atoms with van der Waals surface area (Å²) in [6.45, 7) is 5.52. The fourth-order valence-electron chi connectivity index (χ4n) is 1.60. The third-order valence-electron chi connectivity index (χ3n) is 2.43. The van der Waals surface area contributed by atoms with Gasteiger partial charge in [0.1, 0.15) is 11.6 Å². The lowest BCUT2D eigenvalue weighted by molar-refractivity contribution is 0.212. The van der Waals surface area contributed by atoms with Crippen molar-refractivity contribution < 1.29 is 18.0 Å². The molecule has 0 saturated carbocycles. The third-order valence-corrected chi connectivity index (χ3v) is 4.63. The Labute approximate surface area is 107 Å². The average Bonchev–Trinajstić information content (AvgIpc) is 2.29. The molecule has 0 aliphatic heterocycles. The van der Waals surface area contributed by atoms with Crippen molar-refractivity contribution in [2.24, 2.45) is 5.73 Å². The number of benzene rings is 1. The molecule has 1 rings (SSSR count). The van der Waals surface area contributed by atoms with E-state index in [4.69, 9.17) is 14.8 Å². The minimum atomic E-state index is -3.54. The number of nitrogens with two attached hydrogens (primary N) is 1. The van der Waals surface area contributed by atoms with Crippen LogP contribution in [-0.4, -0.2) is 13.2 Å². The average molecular weight is 275 g/mol. The van der Waals surface area contributed by atoms with Crippen molar-refractivity contribution in [1.82, 2.24) is 0 Å². The molecule has 1 atom stereocenters. The molecule has 18 heavy (non-hydrogen) atoms. The van der Waals surface area contributed by atoms with Gasteiger partial charge in [-0.2, -0.15) is 0 Å². The second-order valence-corrected chi connectivity index (χ2v) is 6.00. The van der Waals surface area contributed by atoms with Crippen LogP contribution in [0.2, 0.25) is 0 Å². The summed E-state index contributed by atoms with van der Waals surface area (Å²) in [6, 6.07) is 4.57. The van der Waals surface area contributed by atoms with Crippen molar-refractivity contribution in [3.63, 3.8) is 0 Å². The third kappa shape index (κ3) is 3.39. The van der Waals surface area contributed by atoms with Crippen molar-refractivity contribution in [3.05, 3.63) is 35.1 Å². The molecule has 1 aromatic carbocycles. The highest BCUT2D eigenvalue weighted by atomic mass is 31.2. The molecule has 6 heteroatoms. The molecule has 0 unspecified atom stereocenters. The number of halogens is 1. The van der Waals surface area contributed by atoms with Crippen molar-refractivity contribution >= 4 is 7.60 Å². The van der Waals surface area contributed by atoms with Gasteiger partial charge in [-0.25, -0.2) is 4.39 Å². The van der Waals surface area contributed by atoms with Crippen LogP contribution in [0.1, 0.15) is 30.8 Å². The van der Waals surface area contributed by atoms with E-state index in [-0.39, 0.29) is 18.8 Å². The van der Waals surface area contributed by atoms with Crippen LogP contribution in [0.25, 0.3) is 0 Å². The van der Waals surface area contributed by atoms with Gasteiger partial charge in [-0.05, 0) is 32.4 Å². The van der Waals surface area contributed by atoms with Crippen molar-refractivity contribution in [1.29, 1.82) is 0 Å². The summed E-state index contributed by atoms with van der Waals surface area (Å²) < 4.78 is 36.4. The summed E-state index contributed by atoms with van der Waals surface area (Å²) in [5.41, 5.74) is 6.76. The first-order valence-corrected chi connectivity index (χ1v) is 7.46. The maximum atomic E-state index is 13.8. The van der Waals surface area contributed by atoms with Crippen LogP contribution in [0.15, 0.2) is 18.2 Å². The monoisotopic (exact) mass is 275 g/mol. The molecule has 0 fully saturated rings. The summed E-state index contributed by atoms with van der Waals surface area (Å²) in [4.78, 5) is 0. The summed E-state index contributed by atoms with van der Waals surface area (Å²) in [5, 5.41) is 0. The Kier molecular flexibility index (Phi) is 5.47. The molecule has 0 aliphatic rings. The van der Waals surface area contributed by atoms with Crippen LogP contribution in [0.3, 0.4) is 0 Å². The molecular weight excluding hydrogens is 256 g/mol. The van der Waals surface area contributed by atoms with E-state index in [2.05, 4.69) is 0 Å². The van der Waals surface area contributed by atoms with Gasteiger partial charge in [0.25, 0.3) is 0 Å². The van der Waals surface area contributed by atoms with Gasteiger partial charge in [0.2, 0.25) is 0 Å². The number of hydrogen-bond donors (Lipinski definition) is 1. The highest BCUT2D eigenvalue weighted by Crippen LogP contribution is 2.58. The SMILES string of the molecule is CCOP(=O)(OCC)[C@@H](N)c1ccc(C)cc1F. The van der Waals surface area contributed by atoms with E-state index in [1.807, 2.05) is 0 Å². The van der Waals surface area contributed by atoms with Crippen LogP contribution in [0, 0.1) is 12.7 Å². The smallest absolute Gasteiger partial charge is 0.314 e. The van der Waals surface area contributed by atoms with Crippen LogP contribution >= 0.6 is 7.60 Å². The molecule has 1 aromatic rings. The summed E-state index contributed by atoms with van der Waals surface area (Å²) in [5.74, 6) is -1.61. The van der Waals surface area contributed by atoms with Gasteiger partial charge < -0.3 is 14.8 Å². The fourth-order valence-corrected chi connectivity index (χ4v) is 3.27. The normalized spacial score (nSPS) is 13.6. The first-order chi connectivity index (χ1) is 8.44. The minimum absolute atomic E-state index is 0.144. The highest BCUT2D eigenvalue weighted by molar-refractivity contribution is 7.54. The van der Waals surface area contributed by atoms with Crippen LogP contribution < -0.4 is 5.73 Å². The van der Waals surface area contributed by atoms with Crippen molar-refractivity contribution in [2.45, 2.75) is 26.6 Å². The molecule has 0 aliphatic carbocycles. The molecule has 0 saturated heterocycles. The molecule has 0 bridgehead atoms. The number of rotatable bonds is 6. The zero-order chi connectivity index (χ0) is 13.8. The van der Waals surface area contributed by atoms with Crippen molar-refractivity contribution in [3.8, 4) is 0 Å². The second-order valence-electron chi connectivity index (χ2n) is 3.85. The summed E-state index contributed by atoms with van der Waals surface area (Å²) in [6.07, 6.45) is 0. The Balaban J connectivity index is 3.09. The topological polar surface area (TPSA) is 61.5 Å². The van der Waals surface area contributed by atoms with E-state index in [1.165, 1.54) is 12.1 Å². The zero-order valence-corrected chi connectivity index (χ0v) is 11.7. The lowest BCUT2D eigenvalue weighted by Crippen LogP contribution is -2.16. The van der Waals surface area contributed by atoms with E-state index in [0.717, 1.165) is 5.56 Å². The van der Waals surface area contributed by atoms with Gasteiger partial charge in [-0.3, -0.25) is 4.57 Å². The Hall–Kier alpha value is -0.740. The van der Waals surface area contributed by atoms with Gasteiger partial charge in [0.05, 0.1) is 13.2 Å². The van der Waals surface area contributed by atoms with E-state index in [0.29, 0.717) is 0 Å². The minimum Gasteiger partial charge on any atom is -0.314 e. The van der Waals surface area contributed by atoms with Gasteiger partial charge in [-0.15, -0.1) is 0 Å². The molecule has 0 heterocycles. The predicted molar refractivity (Wildman–Crippen MR) is 68.9 cm³/mol. The Morgan fingerprint density at radius 1 is 1.33 bits per heavy atom. The zero-order valence-electron chi connectivity index (χ0n) is 10.9. The number of hydrogen-bond acceptors (Lipinski definition) is 4. The maximum absolute atomic E-state index is 13.8. The molecule has 0 radical (unpaired) electrons. The summed E-state index contributed by atoms with van der Waals surface area (Å²) >= 11 is 0. The number of aryl methyl sites for hydroxylation is 1. The van der Waals surface area contributed by atoms with E-state index >= 15 is 0 Å². The highest BCUT2D eigenvalue weighted by Gasteiger charge is 2.35. The molecule has 2 N–H and O–H groups in total. The molecule has 102 valence electrons. The van der Waals surface area contributed by atoms with Gasteiger partial charge in [-0.1, -0.05) is 12.1 Å². The molecule has 0 spiro atoms. The van der Waals surface area contributed by atoms with Crippen LogP contribution in [0.4, 0.5) is 4.39 Å². The Bertz CT molecular complexity index is 443. The second kappa shape index (κ2) is 6.43. The fraction of sp³-hybridized carbons (Fsp3) is 0.500. The quantitative estimate of drug-likeness (QED) is 0.809. The van der Waals surface area contributed by atoms with Crippen LogP contribution in [0.5, 0.6) is 0 Å². The standard InChI is InChI=1S/C12H19FNO3P/c1-4-16-18(15,17-5-2)12(14)10-7-6-9(3)8-11(10)13/h6-8,12H,4-5,14H2,1-3H3/t12-/m1/s1. The van der Waals surface area contributed by atoms with E-state index < -0.39 is 19.2 Å². The van der Waals surface area contributed by atoms with E-state index in [1.54, 1.807) is 26.8 Å². The Morgan fingerprint density at radius 3 is 2.33 bits per heavy atom. The van der Waals surface area contributed by atoms with E-state index in [9.17, 15) is 8.96 Å². The lowest BCUT2D eigenvalue weighted by Gasteiger charge is -2.23. The maximum Gasteiger partial charge on any atom is 0.351 e. The first kappa shape index (κ1) is 15.3. The Morgan fingerprint density at radius 2 is 1.89 bits per heavy atom. The van der Waals surface area contributed by atoms with Gasteiger partial charge in [0, 0.05) is 5.56 Å². The largest absolute Gasteiger partial charge is 0.351 e. The molecule has 4 nitrogen and oxygen atoms in total. The molecule has 0 amide bonds. The lowest BCUT2D eigenvalue weighted by atomic mass is 10.1. The van der Waals surface area contributed by atoms with Gasteiger partial charge in [0.15, 0.2) is 0 Å². The van der Waals surface area contributed by atoms with Crippen molar-refractivity contribution in [2.75, 3.05) is 13.2 Å². The predicted octanol–water partition coefficient (Wildman–Crippen LogP) is 3.36. The van der Waals surface area contributed by atoms with Crippen LogP contribution in [-0.2, 0) is 13.6 Å². The molecule has 0 aromatic heterocycles. The summed E-state index contributed by atoms with van der Waals surface area (Å²) in [7, 11) is -3.54. The van der Waals surface area contributed by atoms with Gasteiger partial charge >= 0.3 is 7.60 Å². The molecular formula is C12H19FNO3P. The first-order valence-electron chi connectivity index (χ1n) is 5.85.